The van der Waals surface area contributed by atoms with Crippen LogP contribution >= 0.6 is 11.6 Å². The predicted octanol–water partition coefficient (Wildman–Crippen LogP) is 3.61. The molecular formula is C25H21ClFN7O3. The Kier molecular flexibility index (Phi) is 5.64. The maximum Gasteiger partial charge on any atom is 0.323 e. The molecule has 6 rings (SSSR count). The van der Waals surface area contributed by atoms with Crippen molar-refractivity contribution in [1.82, 2.24) is 34.3 Å². The third kappa shape index (κ3) is 4.42. The number of carbonyl (C=O) groups excluding carboxylic acids is 1. The zero-order valence-electron chi connectivity index (χ0n) is 19.4. The van der Waals surface area contributed by atoms with Gasteiger partial charge in [0.1, 0.15) is 12.1 Å². The molecule has 12 heteroatoms. The van der Waals surface area contributed by atoms with Gasteiger partial charge in [-0.1, -0.05) is 22.9 Å². The fourth-order valence-electron chi connectivity index (χ4n) is 4.58. The normalized spacial score (nSPS) is 13.5. The van der Waals surface area contributed by atoms with E-state index >= 15 is 0 Å². The van der Waals surface area contributed by atoms with Crippen molar-refractivity contribution in [3.8, 4) is 0 Å². The number of amides is 1. The molecule has 37 heavy (non-hydrogen) atoms. The van der Waals surface area contributed by atoms with Crippen molar-refractivity contribution < 1.29 is 19.1 Å². The molecule has 0 unspecified atom stereocenters. The fraction of sp³-hybridized carbons (Fsp3) is 0.240. The van der Waals surface area contributed by atoms with Gasteiger partial charge in [0.25, 0.3) is 5.91 Å². The Hall–Kier alpha value is -4.25. The Morgan fingerprint density at radius 2 is 2.05 bits per heavy atom. The maximum atomic E-state index is 14.4. The molecule has 0 spiro atoms. The number of rotatable bonds is 8. The molecule has 4 heterocycles. The third-order valence-electron chi connectivity index (χ3n) is 6.53. The first-order valence-electron chi connectivity index (χ1n) is 11.7. The molecule has 1 amide bonds. The van der Waals surface area contributed by atoms with Crippen molar-refractivity contribution >= 4 is 39.9 Å². The third-order valence-corrected chi connectivity index (χ3v) is 6.83. The number of benzene rings is 1. The molecule has 10 nitrogen and oxygen atoms in total. The average molecular weight is 522 g/mol. The highest BCUT2D eigenvalue weighted by Crippen LogP contribution is 2.41. The molecule has 1 aliphatic rings. The minimum Gasteiger partial charge on any atom is -0.480 e. The lowest BCUT2D eigenvalue weighted by atomic mass is 10.1. The van der Waals surface area contributed by atoms with Gasteiger partial charge >= 0.3 is 5.97 Å². The molecule has 1 aliphatic carbocycles. The standard InChI is InChI=1S/C25H21ClFN7O3/c26-18-5-6-32-13-29-19(24(32)23(18)27)9-28-25(37)20-11-33(31-30-20)10-17-8-16-7-15(14-1-2-14)3-4-21(16)34(17)12-22(35)36/h3-8,11,13-14H,1-2,9-10,12H2,(H,28,37)(H,35,36). The molecule has 1 fully saturated rings. The summed E-state index contributed by atoms with van der Waals surface area (Å²) in [6.45, 7) is 0.00880. The van der Waals surface area contributed by atoms with Crippen LogP contribution in [0.2, 0.25) is 5.02 Å². The fourth-order valence-corrected chi connectivity index (χ4v) is 4.73. The van der Waals surface area contributed by atoms with Gasteiger partial charge < -0.3 is 19.4 Å². The molecule has 0 aliphatic heterocycles. The van der Waals surface area contributed by atoms with E-state index in [1.54, 1.807) is 10.8 Å². The van der Waals surface area contributed by atoms with Gasteiger partial charge in [0.05, 0.1) is 36.3 Å². The van der Waals surface area contributed by atoms with E-state index in [-0.39, 0.29) is 35.9 Å². The number of imidazole rings is 1. The summed E-state index contributed by atoms with van der Waals surface area (Å²) < 4.78 is 19.1. The van der Waals surface area contributed by atoms with Crippen LogP contribution < -0.4 is 5.32 Å². The molecule has 1 aromatic carbocycles. The van der Waals surface area contributed by atoms with Gasteiger partial charge in [0, 0.05) is 22.8 Å². The average Bonchev–Trinajstić information content (AvgIpc) is 3.33. The Labute approximate surface area is 214 Å². The summed E-state index contributed by atoms with van der Waals surface area (Å²) in [5, 5.41) is 21.1. The lowest BCUT2D eigenvalue weighted by Crippen LogP contribution is -2.23. The smallest absolute Gasteiger partial charge is 0.323 e. The number of pyridine rings is 1. The number of nitrogens with one attached hydrogen (secondary N) is 1. The van der Waals surface area contributed by atoms with E-state index in [9.17, 15) is 19.1 Å². The van der Waals surface area contributed by atoms with Crippen LogP contribution in [0.25, 0.3) is 16.4 Å². The second kappa shape index (κ2) is 9.00. The molecule has 0 bridgehead atoms. The number of hydrogen-bond acceptors (Lipinski definition) is 5. The van der Waals surface area contributed by atoms with E-state index in [0.717, 1.165) is 16.6 Å². The van der Waals surface area contributed by atoms with Gasteiger partial charge in [-0.25, -0.2) is 14.1 Å². The van der Waals surface area contributed by atoms with Crippen LogP contribution in [0.15, 0.2) is 49.1 Å². The van der Waals surface area contributed by atoms with Crippen molar-refractivity contribution in [3.63, 3.8) is 0 Å². The van der Waals surface area contributed by atoms with Crippen molar-refractivity contribution in [2.24, 2.45) is 0 Å². The summed E-state index contributed by atoms with van der Waals surface area (Å²) >= 11 is 5.87. The van der Waals surface area contributed by atoms with E-state index in [0.29, 0.717) is 11.6 Å². The SMILES string of the molecule is O=C(O)Cn1c(Cn2cc(C(=O)NCc3ncn4ccc(Cl)c(F)c34)nn2)cc2cc(C3CC3)ccc21. The molecule has 0 radical (unpaired) electrons. The predicted molar refractivity (Wildman–Crippen MR) is 132 cm³/mol. The number of hydrogen-bond donors (Lipinski definition) is 2. The first-order valence-corrected chi connectivity index (χ1v) is 12.1. The second-order valence-corrected chi connectivity index (χ2v) is 9.52. The number of fused-ring (bicyclic) bond motifs is 2. The first-order chi connectivity index (χ1) is 17.9. The molecule has 0 saturated heterocycles. The summed E-state index contributed by atoms with van der Waals surface area (Å²) in [5.41, 5.74) is 3.41. The summed E-state index contributed by atoms with van der Waals surface area (Å²) in [6, 6.07) is 9.52. The zero-order valence-corrected chi connectivity index (χ0v) is 20.2. The molecule has 0 atom stereocenters. The van der Waals surface area contributed by atoms with Crippen LogP contribution in [-0.2, 0) is 24.4 Å². The number of carboxylic acid groups (broad SMARTS) is 1. The first kappa shape index (κ1) is 23.2. The quantitative estimate of drug-likeness (QED) is 0.322. The topological polar surface area (TPSA) is 119 Å². The molecule has 4 aromatic heterocycles. The minimum atomic E-state index is -0.951. The summed E-state index contributed by atoms with van der Waals surface area (Å²) in [7, 11) is 0. The van der Waals surface area contributed by atoms with Crippen LogP contribution in [-0.4, -0.2) is 45.9 Å². The van der Waals surface area contributed by atoms with Crippen LogP contribution in [0.5, 0.6) is 0 Å². The van der Waals surface area contributed by atoms with Crippen molar-refractivity contribution in [1.29, 1.82) is 0 Å². The lowest BCUT2D eigenvalue weighted by molar-refractivity contribution is -0.137. The molecule has 5 aromatic rings. The Balaban J connectivity index is 1.20. The van der Waals surface area contributed by atoms with Gasteiger partial charge in [-0.15, -0.1) is 5.10 Å². The molecule has 2 N–H and O–H groups in total. The Bertz CT molecular complexity index is 1680. The summed E-state index contributed by atoms with van der Waals surface area (Å²) in [4.78, 5) is 28.4. The van der Waals surface area contributed by atoms with Crippen molar-refractivity contribution in [2.75, 3.05) is 0 Å². The Morgan fingerprint density at radius 1 is 1.22 bits per heavy atom. The molecular weight excluding hydrogens is 501 g/mol. The van der Waals surface area contributed by atoms with Crippen molar-refractivity contribution in [2.45, 2.75) is 38.4 Å². The van der Waals surface area contributed by atoms with Gasteiger partial charge in [0.15, 0.2) is 11.5 Å². The number of halogens is 2. The van der Waals surface area contributed by atoms with Gasteiger partial charge in [-0.2, -0.15) is 0 Å². The largest absolute Gasteiger partial charge is 0.480 e. The number of aromatic nitrogens is 6. The molecule has 188 valence electrons. The number of nitrogens with zero attached hydrogens (tertiary/aromatic N) is 6. The number of carbonyl (C=O) groups is 2. The van der Waals surface area contributed by atoms with E-state index < -0.39 is 17.7 Å². The van der Waals surface area contributed by atoms with Crippen LogP contribution in [0.1, 0.15) is 46.2 Å². The van der Waals surface area contributed by atoms with Crippen LogP contribution in [0.4, 0.5) is 4.39 Å². The lowest BCUT2D eigenvalue weighted by Gasteiger charge is -2.08. The summed E-state index contributed by atoms with van der Waals surface area (Å²) in [5.74, 6) is -1.48. The van der Waals surface area contributed by atoms with E-state index in [1.165, 1.54) is 46.1 Å². The number of aliphatic carboxylic acids is 1. The number of carboxylic acids is 1. The minimum absolute atomic E-state index is 0.0321. The van der Waals surface area contributed by atoms with E-state index in [4.69, 9.17) is 11.6 Å². The van der Waals surface area contributed by atoms with Crippen molar-refractivity contribution in [3.05, 3.63) is 82.5 Å². The van der Waals surface area contributed by atoms with Gasteiger partial charge in [0.2, 0.25) is 0 Å². The highest BCUT2D eigenvalue weighted by molar-refractivity contribution is 6.31. The van der Waals surface area contributed by atoms with Gasteiger partial charge in [-0.3, -0.25) is 9.59 Å². The van der Waals surface area contributed by atoms with E-state index in [2.05, 4.69) is 32.7 Å². The Morgan fingerprint density at radius 3 is 2.84 bits per heavy atom. The second-order valence-electron chi connectivity index (χ2n) is 9.12. The van der Waals surface area contributed by atoms with Gasteiger partial charge in [-0.05, 0) is 48.6 Å². The molecule has 1 saturated carbocycles. The monoisotopic (exact) mass is 521 g/mol. The summed E-state index contributed by atoms with van der Waals surface area (Å²) in [6.07, 6.45) is 6.86. The zero-order chi connectivity index (χ0) is 25.7. The van der Waals surface area contributed by atoms with Crippen LogP contribution in [0.3, 0.4) is 0 Å². The van der Waals surface area contributed by atoms with Crippen LogP contribution in [0, 0.1) is 5.82 Å². The van der Waals surface area contributed by atoms with E-state index in [1.807, 2.05) is 12.1 Å². The highest BCUT2D eigenvalue weighted by atomic mass is 35.5. The maximum absolute atomic E-state index is 14.4. The highest BCUT2D eigenvalue weighted by Gasteiger charge is 2.24.